The van der Waals surface area contributed by atoms with Crippen LogP contribution in [0.2, 0.25) is 0 Å². The van der Waals surface area contributed by atoms with Gasteiger partial charge in [0.1, 0.15) is 11.3 Å². The summed E-state index contributed by atoms with van der Waals surface area (Å²) in [6.45, 7) is 7.95. The lowest BCUT2D eigenvalue weighted by molar-refractivity contribution is 0.103. The molecule has 0 aliphatic rings. The molecule has 1 N–H and O–H groups in total. The summed E-state index contributed by atoms with van der Waals surface area (Å²) in [7, 11) is 0. The molecule has 2 heterocycles. The van der Waals surface area contributed by atoms with Crippen molar-refractivity contribution in [1.82, 2.24) is 4.98 Å². The summed E-state index contributed by atoms with van der Waals surface area (Å²) in [5.74, 6) is -0.280. The number of aromatic hydroxyl groups is 1. The van der Waals surface area contributed by atoms with Crippen LogP contribution < -0.4 is 5.63 Å². The molecule has 146 valence electrons. The second-order valence-electron chi connectivity index (χ2n) is 7.70. The Morgan fingerprint density at radius 1 is 1.03 bits per heavy atom. The summed E-state index contributed by atoms with van der Waals surface area (Å²) in [5, 5.41) is 11.2. The van der Waals surface area contributed by atoms with Gasteiger partial charge in [-0.1, -0.05) is 19.9 Å². The number of pyridine rings is 1. The number of benzene rings is 2. The normalized spacial score (nSPS) is 11.5. The molecule has 29 heavy (non-hydrogen) atoms. The maximum absolute atomic E-state index is 13.0. The van der Waals surface area contributed by atoms with Gasteiger partial charge in [0.2, 0.25) is 0 Å². The monoisotopic (exact) mass is 387 g/mol. The van der Waals surface area contributed by atoms with Crippen LogP contribution in [0.4, 0.5) is 0 Å². The Labute approximate surface area is 167 Å². The van der Waals surface area contributed by atoms with Gasteiger partial charge in [-0.3, -0.25) is 9.78 Å². The van der Waals surface area contributed by atoms with Gasteiger partial charge >= 0.3 is 5.63 Å². The SMILES string of the molecule is Cc1cc2oc(=O)c3cc(C(=O)c4cc(C(C)C)ccc4O)cnc3c2cc1C. The third-order valence-corrected chi connectivity index (χ3v) is 5.36. The van der Waals surface area contributed by atoms with Gasteiger partial charge in [0, 0.05) is 17.1 Å². The topological polar surface area (TPSA) is 80.4 Å². The minimum absolute atomic E-state index is 0.101. The molecule has 5 heteroatoms. The average Bonchev–Trinajstić information content (AvgIpc) is 2.69. The van der Waals surface area contributed by atoms with Gasteiger partial charge in [-0.15, -0.1) is 0 Å². The molecular weight excluding hydrogens is 366 g/mol. The minimum atomic E-state index is -0.543. The molecule has 2 aromatic heterocycles. The van der Waals surface area contributed by atoms with Crippen LogP contribution in [-0.4, -0.2) is 15.9 Å². The van der Waals surface area contributed by atoms with Crippen LogP contribution in [0.5, 0.6) is 5.75 Å². The average molecular weight is 387 g/mol. The number of phenols is 1. The smallest absolute Gasteiger partial charge is 0.345 e. The molecule has 5 nitrogen and oxygen atoms in total. The van der Waals surface area contributed by atoms with Crippen LogP contribution in [0.1, 0.15) is 52.4 Å². The molecule has 0 fully saturated rings. The lowest BCUT2D eigenvalue weighted by Crippen LogP contribution is -2.07. The van der Waals surface area contributed by atoms with E-state index in [9.17, 15) is 14.7 Å². The summed E-state index contributed by atoms with van der Waals surface area (Å²) >= 11 is 0. The van der Waals surface area contributed by atoms with Crippen molar-refractivity contribution in [3.8, 4) is 5.75 Å². The van der Waals surface area contributed by atoms with E-state index in [2.05, 4.69) is 4.98 Å². The lowest BCUT2D eigenvalue weighted by Gasteiger charge is -2.10. The van der Waals surface area contributed by atoms with Gasteiger partial charge in [-0.05, 0) is 66.8 Å². The van der Waals surface area contributed by atoms with Crippen LogP contribution in [-0.2, 0) is 0 Å². The maximum atomic E-state index is 13.0. The van der Waals surface area contributed by atoms with Crippen molar-refractivity contribution in [2.45, 2.75) is 33.6 Å². The number of hydrogen-bond donors (Lipinski definition) is 1. The van der Waals surface area contributed by atoms with E-state index in [4.69, 9.17) is 4.42 Å². The Morgan fingerprint density at radius 2 is 1.76 bits per heavy atom. The number of hydrogen-bond acceptors (Lipinski definition) is 5. The zero-order valence-corrected chi connectivity index (χ0v) is 16.7. The van der Waals surface area contributed by atoms with Gasteiger partial charge in [-0.2, -0.15) is 0 Å². The van der Waals surface area contributed by atoms with Crippen LogP contribution in [0.3, 0.4) is 0 Å². The first-order valence-electron chi connectivity index (χ1n) is 9.47. The van der Waals surface area contributed by atoms with E-state index in [-0.39, 0.29) is 34.0 Å². The first-order chi connectivity index (χ1) is 13.8. The van der Waals surface area contributed by atoms with E-state index in [1.165, 1.54) is 18.3 Å². The Hall–Kier alpha value is -3.47. The van der Waals surface area contributed by atoms with Gasteiger partial charge in [-0.25, -0.2) is 4.79 Å². The molecule has 0 aliphatic heterocycles. The van der Waals surface area contributed by atoms with Crippen molar-refractivity contribution in [2.24, 2.45) is 0 Å². The lowest BCUT2D eigenvalue weighted by atomic mass is 9.96. The minimum Gasteiger partial charge on any atom is -0.507 e. The van der Waals surface area contributed by atoms with E-state index < -0.39 is 5.63 Å². The molecule has 0 bridgehead atoms. The van der Waals surface area contributed by atoms with E-state index in [1.807, 2.05) is 39.8 Å². The standard InChI is InChI=1S/C24H21NO4/c1-12(2)15-5-6-20(26)17(9-15)23(27)16-10-19-22(25-11-16)18-7-13(3)14(4)8-21(18)29-24(19)28/h5-12,26H,1-4H3. The third-order valence-electron chi connectivity index (χ3n) is 5.36. The zero-order chi connectivity index (χ0) is 20.9. The molecule has 0 amide bonds. The Morgan fingerprint density at radius 3 is 2.48 bits per heavy atom. The predicted octanol–water partition coefficient (Wildman–Crippen LogP) is 5.02. The van der Waals surface area contributed by atoms with Crippen LogP contribution in [0.25, 0.3) is 21.9 Å². The Balaban J connectivity index is 1.90. The summed E-state index contributed by atoms with van der Waals surface area (Å²) in [6, 6.07) is 10.2. The van der Waals surface area contributed by atoms with Crippen LogP contribution >= 0.6 is 0 Å². The molecule has 0 radical (unpaired) electrons. The molecule has 0 spiro atoms. The molecule has 2 aromatic carbocycles. The van der Waals surface area contributed by atoms with Crippen molar-refractivity contribution in [3.05, 3.63) is 80.8 Å². The Bertz CT molecular complexity index is 1350. The number of nitrogens with zero attached hydrogens (tertiary/aromatic N) is 1. The fourth-order valence-electron chi connectivity index (χ4n) is 3.42. The highest BCUT2D eigenvalue weighted by molar-refractivity contribution is 6.13. The molecule has 0 atom stereocenters. The third kappa shape index (κ3) is 3.18. The van der Waals surface area contributed by atoms with Crippen molar-refractivity contribution < 1.29 is 14.3 Å². The van der Waals surface area contributed by atoms with E-state index in [0.29, 0.717) is 11.1 Å². The first kappa shape index (κ1) is 18.9. The van der Waals surface area contributed by atoms with Crippen molar-refractivity contribution >= 4 is 27.7 Å². The molecular formula is C24H21NO4. The molecule has 4 rings (SSSR count). The van der Waals surface area contributed by atoms with Crippen molar-refractivity contribution in [2.75, 3.05) is 0 Å². The predicted molar refractivity (Wildman–Crippen MR) is 113 cm³/mol. The summed E-state index contributed by atoms with van der Waals surface area (Å²) < 4.78 is 5.47. The second kappa shape index (κ2) is 6.85. The highest BCUT2D eigenvalue weighted by Gasteiger charge is 2.18. The number of aryl methyl sites for hydroxylation is 2. The van der Waals surface area contributed by atoms with Gasteiger partial charge in [0.15, 0.2) is 5.78 Å². The van der Waals surface area contributed by atoms with E-state index >= 15 is 0 Å². The molecule has 0 aliphatic carbocycles. The van der Waals surface area contributed by atoms with Crippen molar-refractivity contribution in [3.63, 3.8) is 0 Å². The highest BCUT2D eigenvalue weighted by Crippen LogP contribution is 2.28. The number of fused-ring (bicyclic) bond motifs is 3. The van der Waals surface area contributed by atoms with E-state index in [1.54, 1.807) is 12.1 Å². The number of carbonyl (C=O) groups excluding carboxylic acids is 1. The molecule has 0 saturated carbocycles. The quantitative estimate of drug-likeness (QED) is 0.303. The Kier molecular flexibility index (Phi) is 4.46. The fraction of sp³-hybridized carbons (Fsp3) is 0.208. The van der Waals surface area contributed by atoms with Crippen molar-refractivity contribution in [1.29, 1.82) is 0 Å². The number of carbonyl (C=O) groups is 1. The molecule has 4 aromatic rings. The van der Waals surface area contributed by atoms with Crippen LogP contribution in [0, 0.1) is 13.8 Å². The number of aromatic nitrogens is 1. The summed E-state index contributed by atoms with van der Waals surface area (Å²) in [4.78, 5) is 30.0. The van der Waals surface area contributed by atoms with Gasteiger partial charge in [0.25, 0.3) is 0 Å². The molecule has 0 saturated heterocycles. The number of rotatable bonds is 3. The maximum Gasteiger partial charge on any atom is 0.345 e. The second-order valence-corrected chi connectivity index (χ2v) is 7.70. The summed E-state index contributed by atoms with van der Waals surface area (Å²) in [6.07, 6.45) is 1.44. The largest absolute Gasteiger partial charge is 0.507 e. The summed E-state index contributed by atoms with van der Waals surface area (Å²) in [5.41, 5.74) is 3.86. The van der Waals surface area contributed by atoms with Gasteiger partial charge < -0.3 is 9.52 Å². The van der Waals surface area contributed by atoms with Gasteiger partial charge in [0.05, 0.1) is 16.5 Å². The molecule has 0 unspecified atom stereocenters. The number of phenolic OH excluding ortho intramolecular Hbond substituents is 1. The van der Waals surface area contributed by atoms with Crippen LogP contribution in [0.15, 0.2) is 51.8 Å². The first-order valence-corrected chi connectivity index (χ1v) is 9.47. The number of ketones is 1. The highest BCUT2D eigenvalue weighted by atomic mass is 16.4. The van der Waals surface area contributed by atoms with E-state index in [0.717, 1.165) is 22.1 Å². The zero-order valence-electron chi connectivity index (χ0n) is 16.7. The fourth-order valence-corrected chi connectivity index (χ4v) is 3.42.